The Labute approximate surface area is 88.1 Å². The minimum atomic E-state index is -0.286. The number of aromatic amines is 1. The lowest BCUT2D eigenvalue weighted by Crippen LogP contribution is -2.21. The monoisotopic (exact) mass is 208 g/mol. The molecule has 1 saturated carbocycles. The molecule has 1 aromatic heterocycles. The summed E-state index contributed by atoms with van der Waals surface area (Å²) >= 11 is 0. The molecule has 0 radical (unpaired) electrons. The van der Waals surface area contributed by atoms with Gasteiger partial charge in [-0.05, 0) is 19.3 Å². The molecule has 0 saturated heterocycles. The topological polar surface area (TPSA) is 83.8 Å². The summed E-state index contributed by atoms with van der Waals surface area (Å²) < 4.78 is 0. The van der Waals surface area contributed by atoms with Crippen LogP contribution in [0.1, 0.15) is 26.2 Å². The van der Waals surface area contributed by atoms with E-state index in [1.165, 1.54) is 19.2 Å². The summed E-state index contributed by atoms with van der Waals surface area (Å²) in [7, 11) is 0. The van der Waals surface area contributed by atoms with Crippen molar-refractivity contribution in [2.45, 2.75) is 32.2 Å². The van der Waals surface area contributed by atoms with E-state index in [1.807, 2.05) is 0 Å². The maximum absolute atomic E-state index is 11.2. The second kappa shape index (κ2) is 3.92. The van der Waals surface area contributed by atoms with Crippen molar-refractivity contribution in [3.63, 3.8) is 0 Å². The molecule has 5 nitrogen and oxygen atoms in total. The van der Waals surface area contributed by atoms with Gasteiger partial charge < -0.3 is 16.0 Å². The van der Waals surface area contributed by atoms with Gasteiger partial charge in [-0.15, -0.1) is 0 Å². The van der Waals surface area contributed by atoms with Crippen LogP contribution in [0.5, 0.6) is 0 Å². The molecule has 1 aliphatic carbocycles. The van der Waals surface area contributed by atoms with Gasteiger partial charge in [0.2, 0.25) is 0 Å². The lowest BCUT2D eigenvalue weighted by atomic mass is 10.1. The van der Waals surface area contributed by atoms with Crippen LogP contribution in [0.2, 0.25) is 0 Å². The number of nitrogen functional groups attached to an aromatic ring is 1. The van der Waals surface area contributed by atoms with Gasteiger partial charge >= 0.3 is 0 Å². The fourth-order valence-corrected chi connectivity index (χ4v) is 1.67. The van der Waals surface area contributed by atoms with E-state index >= 15 is 0 Å². The van der Waals surface area contributed by atoms with Crippen LogP contribution in [0, 0.1) is 5.92 Å². The van der Waals surface area contributed by atoms with Crippen molar-refractivity contribution >= 4 is 11.5 Å². The Bertz CT molecular complexity index is 397. The highest BCUT2D eigenvalue weighted by molar-refractivity contribution is 5.59. The zero-order valence-electron chi connectivity index (χ0n) is 8.79. The second-order valence-electron chi connectivity index (χ2n) is 4.22. The number of hydrogen-bond acceptors (Lipinski definition) is 4. The minimum absolute atomic E-state index is 0.167. The highest BCUT2D eigenvalue weighted by Crippen LogP contribution is 2.34. The summed E-state index contributed by atoms with van der Waals surface area (Å²) in [6.45, 7) is 2.08. The molecule has 0 aromatic carbocycles. The van der Waals surface area contributed by atoms with E-state index in [2.05, 4.69) is 22.2 Å². The van der Waals surface area contributed by atoms with Crippen molar-refractivity contribution in [3.8, 4) is 0 Å². The molecule has 15 heavy (non-hydrogen) atoms. The van der Waals surface area contributed by atoms with E-state index in [4.69, 9.17) is 5.73 Å². The van der Waals surface area contributed by atoms with Crippen LogP contribution in [0.25, 0.3) is 0 Å². The Morgan fingerprint density at radius 2 is 2.47 bits per heavy atom. The predicted molar refractivity (Wildman–Crippen MR) is 59.7 cm³/mol. The first-order valence-corrected chi connectivity index (χ1v) is 5.26. The summed E-state index contributed by atoms with van der Waals surface area (Å²) in [5, 5.41) is 3.17. The van der Waals surface area contributed by atoms with E-state index in [9.17, 15) is 4.79 Å². The number of H-pyrrole nitrogens is 1. The normalized spacial score (nSPS) is 17.4. The average Bonchev–Trinajstić information content (AvgIpc) is 2.97. The number of nitrogens with one attached hydrogen (secondary N) is 2. The van der Waals surface area contributed by atoms with Crippen LogP contribution in [-0.4, -0.2) is 16.0 Å². The highest BCUT2D eigenvalue weighted by Gasteiger charge is 2.23. The Morgan fingerprint density at radius 1 is 1.73 bits per heavy atom. The third kappa shape index (κ3) is 2.49. The molecule has 0 bridgehead atoms. The summed E-state index contributed by atoms with van der Waals surface area (Å²) in [5.74, 6) is 1.34. The minimum Gasteiger partial charge on any atom is -0.391 e. The second-order valence-corrected chi connectivity index (χ2v) is 4.22. The number of nitrogens with zero attached hydrogens (tertiary/aromatic N) is 1. The first-order valence-electron chi connectivity index (χ1n) is 5.26. The van der Waals surface area contributed by atoms with E-state index in [0.29, 0.717) is 11.9 Å². The number of hydrogen-bond donors (Lipinski definition) is 3. The van der Waals surface area contributed by atoms with Crippen molar-refractivity contribution in [3.05, 3.63) is 16.7 Å². The number of nitrogens with two attached hydrogens (primary N) is 1. The molecule has 1 atom stereocenters. The van der Waals surface area contributed by atoms with Crippen LogP contribution in [0.15, 0.2) is 11.1 Å². The quantitative estimate of drug-likeness (QED) is 0.688. The summed E-state index contributed by atoms with van der Waals surface area (Å²) in [6.07, 6.45) is 5.13. The van der Waals surface area contributed by atoms with Crippen LogP contribution in [-0.2, 0) is 0 Å². The lowest BCUT2D eigenvalue weighted by molar-refractivity contribution is 0.640. The van der Waals surface area contributed by atoms with Crippen molar-refractivity contribution in [2.24, 2.45) is 5.92 Å². The molecule has 4 N–H and O–H groups in total. The molecule has 1 aromatic rings. The first-order chi connectivity index (χ1) is 7.16. The van der Waals surface area contributed by atoms with Crippen LogP contribution < -0.4 is 16.6 Å². The molecular formula is C10H16N4O. The molecular weight excluding hydrogens is 192 g/mol. The smallest absolute Gasteiger partial charge is 0.276 e. The SMILES string of the molecule is CC(CC1CC1)Nc1nc[nH]c(=O)c1N. The maximum Gasteiger partial charge on any atom is 0.276 e. The molecule has 2 rings (SSSR count). The van der Waals surface area contributed by atoms with Gasteiger partial charge in [0.25, 0.3) is 5.56 Å². The van der Waals surface area contributed by atoms with Gasteiger partial charge in [0.1, 0.15) is 5.69 Å². The highest BCUT2D eigenvalue weighted by atomic mass is 16.1. The van der Waals surface area contributed by atoms with Gasteiger partial charge in [0, 0.05) is 6.04 Å². The largest absolute Gasteiger partial charge is 0.391 e. The van der Waals surface area contributed by atoms with Gasteiger partial charge in [0.15, 0.2) is 5.82 Å². The first kappa shape index (κ1) is 10.0. The van der Waals surface area contributed by atoms with Crippen molar-refractivity contribution < 1.29 is 0 Å². The molecule has 1 aliphatic rings. The molecule has 0 amide bonds. The summed E-state index contributed by atoms with van der Waals surface area (Å²) in [4.78, 5) is 17.6. The Morgan fingerprint density at radius 3 is 3.13 bits per heavy atom. The lowest BCUT2D eigenvalue weighted by Gasteiger charge is -2.14. The molecule has 82 valence electrons. The maximum atomic E-state index is 11.2. The molecule has 5 heteroatoms. The Balaban J connectivity index is 2.02. The van der Waals surface area contributed by atoms with E-state index in [0.717, 1.165) is 12.3 Å². The molecule has 1 unspecified atom stereocenters. The standard InChI is InChI=1S/C10H16N4O/c1-6(4-7-2-3-7)14-9-8(11)10(15)13-5-12-9/h5-7H,2-4,11H2,1H3,(H2,12,13,14,15). The molecule has 1 fully saturated rings. The average molecular weight is 208 g/mol. The Kier molecular flexibility index (Phi) is 2.62. The van der Waals surface area contributed by atoms with Gasteiger partial charge in [-0.3, -0.25) is 4.79 Å². The Hall–Kier alpha value is -1.52. The number of anilines is 2. The summed E-state index contributed by atoms with van der Waals surface area (Å²) in [6, 6.07) is 0.314. The zero-order chi connectivity index (χ0) is 10.8. The van der Waals surface area contributed by atoms with Gasteiger partial charge in [-0.25, -0.2) is 4.98 Å². The van der Waals surface area contributed by atoms with Crippen molar-refractivity contribution in [1.82, 2.24) is 9.97 Å². The van der Waals surface area contributed by atoms with E-state index in [1.54, 1.807) is 0 Å². The third-order valence-electron chi connectivity index (χ3n) is 2.66. The third-order valence-corrected chi connectivity index (χ3v) is 2.66. The number of rotatable bonds is 4. The van der Waals surface area contributed by atoms with Crippen molar-refractivity contribution in [2.75, 3.05) is 11.1 Å². The molecule has 1 heterocycles. The van der Waals surface area contributed by atoms with Gasteiger partial charge in [-0.1, -0.05) is 12.8 Å². The van der Waals surface area contributed by atoms with Crippen LogP contribution in [0.4, 0.5) is 11.5 Å². The fourth-order valence-electron chi connectivity index (χ4n) is 1.67. The fraction of sp³-hybridized carbons (Fsp3) is 0.600. The summed E-state index contributed by atoms with van der Waals surface area (Å²) in [5.41, 5.74) is 5.49. The van der Waals surface area contributed by atoms with Crippen LogP contribution >= 0.6 is 0 Å². The molecule has 0 aliphatic heterocycles. The van der Waals surface area contributed by atoms with E-state index in [-0.39, 0.29) is 11.2 Å². The number of aromatic nitrogens is 2. The van der Waals surface area contributed by atoms with Crippen LogP contribution in [0.3, 0.4) is 0 Å². The van der Waals surface area contributed by atoms with Crippen molar-refractivity contribution in [1.29, 1.82) is 0 Å². The zero-order valence-corrected chi connectivity index (χ0v) is 8.79. The predicted octanol–water partition coefficient (Wildman–Crippen LogP) is 0.953. The van der Waals surface area contributed by atoms with Gasteiger partial charge in [-0.2, -0.15) is 0 Å². The molecule has 0 spiro atoms. The van der Waals surface area contributed by atoms with Gasteiger partial charge in [0.05, 0.1) is 6.33 Å². The van der Waals surface area contributed by atoms with E-state index < -0.39 is 0 Å².